The molecular formula is C18H18ClNO3. The van der Waals surface area contributed by atoms with Gasteiger partial charge in [-0.05, 0) is 35.7 Å². The monoisotopic (exact) mass is 331 g/mol. The first-order valence-corrected chi connectivity index (χ1v) is 7.68. The number of nitrogens with one attached hydrogen (secondary N) is 1. The van der Waals surface area contributed by atoms with Crippen LogP contribution in [0.4, 0.5) is 5.69 Å². The third-order valence-corrected chi connectivity index (χ3v) is 4.03. The van der Waals surface area contributed by atoms with Crippen LogP contribution >= 0.6 is 11.6 Å². The van der Waals surface area contributed by atoms with Gasteiger partial charge in [-0.1, -0.05) is 48.9 Å². The second-order valence-corrected chi connectivity index (χ2v) is 5.84. The maximum Gasteiger partial charge on any atom is 0.307 e. The molecule has 0 aromatic heterocycles. The minimum absolute atomic E-state index is 0.0893. The summed E-state index contributed by atoms with van der Waals surface area (Å²) in [6, 6.07) is 16.0. The van der Waals surface area contributed by atoms with Crippen molar-refractivity contribution in [3.05, 3.63) is 65.2 Å². The second kappa shape index (κ2) is 7.79. The topological polar surface area (TPSA) is 66.4 Å². The van der Waals surface area contributed by atoms with Crippen molar-refractivity contribution in [2.75, 3.05) is 5.32 Å². The number of halogens is 1. The first kappa shape index (κ1) is 17.0. The van der Waals surface area contributed by atoms with E-state index in [1.165, 1.54) is 0 Å². The van der Waals surface area contributed by atoms with Crippen molar-refractivity contribution in [3.8, 4) is 0 Å². The lowest BCUT2D eigenvalue weighted by Gasteiger charge is -2.20. The third kappa shape index (κ3) is 4.83. The number of amides is 1. The van der Waals surface area contributed by atoms with E-state index in [-0.39, 0.29) is 18.2 Å². The van der Waals surface area contributed by atoms with Gasteiger partial charge in [-0.2, -0.15) is 0 Å². The summed E-state index contributed by atoms with van der Waals surface area (Å²) in [5.74, 6) is -2.36. The predicted molar refractivity (Wildman–Crippen MR) is 90.7 cm³/mol. The Bertz CT molecular complexity index is 670. The molecule has 0 unspecified atom stereocenters. The lowest BCUT2D eigenvalue weighted by Crippen LogP contribution is -2.26. The minimum atomic E-state index is -0.979. The maximum atomic E-state index is 12.1. The van der Waals surface area contributed by atoms with Crippen LogP contribution < -0.4 is 5.32 Å². The van der Waals surface area contributed by atoms with Gasteiger partial charge >= 0.3 is 5.97 Å². The number of anilines is 1. The summed E-state index contributed by atoms with van der Waals surface area (Å²) < 4.78 is 0. The molecule has 2 aromatic rings. The highest BCUT2D eigenvalue weighted by Gasteiger charge is 2.28. The smallest absolute Gasteiger partial charge is 0.307 e. The average Bonchev–Trinajstić information content (AvgIpc) is 2.55. The van der Waals surface area contributed by atoms with Crippen LogP contribution in [0, 0.1) is 5.92 Å². The molecule has 0 heterocycles. The van der Waals surface area contributed by atoms with E-state index in [0.717, 1.165) is 5.56 Å². The molecule has 0 bridgehead atoms. The van der Waals surface area contributed by atoms with Crippen LogP contribution in [0.3, 0.4) is 0 Å². The highest BCUT2D eigenvalue weighted by Crippen LogP contribution is 2.27. The first-order valence-electron chi connectivity index (χ1n) is 7.30. The molecule has 0 aliphatic rings. The zero-order chi connectivity index (χ0) is 16.8. The molecular weight excluding hydrogens is 314 g/mol. The number of rotatable bonds is 6. The number of carboxylic acids is 1. The fourth-order valence-corrected chi connectivity index (χ4v) is 2.54. The highest BCUT2D eigenvalue weighted by molar-refractivity contribution is 6.30. The van der Waals surface area contributed by atoms with Gasteiger partial charge in [0.2, 0.25) is 5.91 Å². The van der Waals surface area contributed by atoms with Gasteiger partial charge in [-0.3, -0.25) is 9.59 Å². The van der Waals surface area contributed by atoms with Gasteiger partial charge < -0.3 is 10.4 Å². The van der Waals surface area contributed by atoms with Crippen LogP contribution in [0.5, 0.6) is 0 Å². The van der Waals surface area contributed by atoms with E-state index in [0.29, 0.717) is 10.7 Å². The first-order chi connectivity index (χ1) is 11.0. The van der Waals surface area contributed by atoms with E-state index in [9.17, 15) is 14.7 Å². The SMILES string of the molecule is C[C@H](c1ccccc1)[C@@H](CC(=O)Nc1ccc(Cl)cc1)C(=O)O. The molecule has 0 saturated carbocycles. The quantitative estimate of drug-likeness (QED) is 0.834. The van der Waals surface area contributed by atoms with Gasteiger partial charge in [0.1, 0.15) is 0 Å². The van der Waals surface area contributed by atoms with E-state index in [4.69, 9.17) is 11.6 Å². The predicted octanol–water partition coefficient (Wildman–Crippen LogP) is 4.17. The van der Waals surface area contributed by atoms with Gasteiger partial charge in [0.05, 0.1) is 5.92 Å². The Balaban J connectivity index is 2.05. The molecule has 0 aliphatic heterocycles. The summed E-state index contributed by atoms with van der Waals surface area (Å²) in [6.45, 7) is 1.82. The molecule has 0 spiro atoms. The van der Waals surface area contributed by atoms with E-state index >= 15 is 0 Å². The molecule has 120 valence electrons. The van der Waals surface area contributed by atoms with E-state index in [1.54, 1.807) is 24.3 Å². The summed E-state index contributed by atoms with van der Waals surface area (Å²) in [5.41, 5.74) is 1.50. The number of carbonyl (C=O) groups is 2. The molecule has 1 amide bonds. The molecule has 0 fully saturated rings. The Morgan fingerprint density at radius 1 is 1.09 bits per heavy atom. The lowest BCUT2D eigenvalue weighted by molar-refractivity contribution is -0.144. The van der Waals surface area contributed by atoms with Gasteiger partial charge in [0.25, 0.3) is 0 Å². The average molecular weight is 332 g/mol. The fourth-order valence-electron chi connectivity index (χ4n) is 2.41. The molecule has 2 aromatic carbocycles. The number of benzene rings is 2. The molecule has 2 N–H and O–H groups in total. The van der Waals surface area contributed by atoms with Crippen molar-refractivity contribution in [1.82, 2.24) is 0 Å². The molecule has 0 saturated heterocycles. The van der Waals surface area contributed by atoms with Gasteiger partial charge in [-0.25, -0.2) is 0 Å². The summed E-state index contributed by atoms with van der Waals surface area (Å²) in [5, 5.41) is 12.7. The normalized spacial score (nSPS) is 13.1. The van der Waals surface area contributed by atoms with Crippen LogP contribution in [-0.2, 0) is 9.59 Å². The zero-order valence-electron chi connectivity index (χ0n) is 12.7. The summed E-state index contributed by atoms with van der Waals surface area (Å²) in [4.78, 5) is 23.7. The maximum absolute atomic E-state index is 12.1. The highest BCUT2D eigenvalue weighted by atomic mass is 35.5. The Morgan fingerprint density at radius 3 is 2.26 bits per heavy atom. The van der Waals surface area contributed by atoms with Crippen LogP contribution in [0.25, 0.3) is 0 Å². The van der Waals surface area contributed by atoms with Crippen molar-refractivity contribution in [3.63, 3.8) is 0 Å². The van der Waals surface area contributed by atoms with Crippen molar-refractivity contribution >= 4 is 29.2 Å². The van der Waals surface area contributed by atoms with Crippen LogP contribution in [-0.4, -0.2) is 17.0 Å². The summed E-state index contributed by atoms with van der Waals surface area (Å²) in [7, 11) is 0. The van der Waals surface area contributed by atoms with E-state index in [2.05, 4.69) is 5.32 Å². The van der Waals surface area contributed by atoms with E-state index < -0.39 is 11.9 Å². The Labute approximate surface area is 140 Å². The Kier molecular flexibility index (Phi) is 5.77. The number of carbonyl (C=O) groups excluding carboxylic acids is 1. The number of hydrogen-bond acceptors (Lipinski definition) is 2. The molecule has 23 heavy (non-hydrogen) atoms. The third-order valence-electron chi connectivity index (χ3n) is 3.78. The summed E-state index contributed by atoms with van der Waals surface area (Å²) in [6.07, 6.45) is -0.0893. The van der Waals surface area contributed by atoms with Crippen molar-refractivity contribution in [2.45, 2.75) is 19.3 Å². The molecule has 0 aliphatic carbocycles. The summed E-state index contributed by atoms with van der Waals surface area (Å²) >= 11 is 5.79. The van der Waals surface area contributed by atoms with Crippen LogP contribution in [0.15, 0.2) is 54.6 Å². The largest absolute Gasteiger partial charge is 0.481 e. The molecule has 4 nitrogen and oxygen atoms in total. The lowest BCUT2D eigenvalue weighted by atomic mass is 9.85. The fraction of sp³-hybridized carbons (Fsp3) is 0.222. The van der Waals surface area contributed by atoms with Crippen LogP contribution in [0.1, 0.15) is 24.8 Å². The van der Waals surface area contributed by atoms with Gasteiger partial charge in [0, 0.05) is 17.1 Å². The zero-order valence-corrected chi connectivity index (χ0v) is 13.5. The number of carboxylic acid groups (broad SMARTS) is 1. The Morgan fingerprint density at radius 2 is 1.70 bits per heavy atom. The minimum Gasteiger partial charge on any atom is -0.481 e. The molecule has 2 rings (SSSR count). The van der Waals surface area contributed by atoms with Crippen molar-refractivity contribution < 1.29 is 14.7 Å². The van der Waals surface area contributed by atoms with Gasteiger partial charge in [-0.15, -0.1) is 0 Å². The molecule has 0 radical (unpaired) electrons. The Hall–Kier alpha value is -2.33. The van der Waals surface area contributed by atoms with Gasteiger partial charge in [0.15, 0.2) is 0 Å². The molecule has 5 heteroatoms. The van der Waals surface area contributed by atoms with E-state index in [1.807, 2.05) is 37.3 Å². The second-order valence-electron chi connectivity index (χ2n) is 5.40. The number of aliphatic carboxylic acids is 1. The molecule has 2 atom stereocenters. The van der Waals surface area contributed by atoms with Crippen molar-refractivity contribution in [2.24, 2.45) is 5.92 Å². The van der Waals surface area contributed by atoms with Crippen molar-refractivity contribution in [1.29, 1.82) is 0 Å². The van der Waals surface area contributed by atoms with Crippen LogP contribution in [0.2, 0.25) is 5.02 Å². The number of hydrogen-bond donors (Lipinski definition) is 2. The standard InChI is InChI=1S/C18H18ClNO3/c1-12(13-5-3-2-4-6-13)16(18(22)23)11-17(21)20-15-9-7-14(19)8-10-15/h2-10,12,16H,11H2,1H3,(H,20,21)(H,22,23)/t12-,16-/m1/s1.